The van der Waals surface area contributed by atoms with Gasteiger partial charge in [-0.2, -0.15) is 0 Å². The average Bonchev–Trinajstić information content (AvgIpc) is 3.56. The van der Waals surface area contributed by atoms with Gasteiger partial charge >= 0.3 is 0 Å². The molecule has 1 unspecified atom stereocenters. The number of aryl methyl sites for hydroxylation is 1. The molecule has 5 aromatic rings. The molecule has 35 heavy (non-hydrogen) atoms. The molecule has 1 atom stereocenters. The summed E-state index contributed by atoms with van der Waals surface area (Å²) in [6.07, 6.45) is 5.41. The third-order valence-electron chi connectivity index (χ3n) is 6.57. The van der Waals surface area contributed by atoms with Gasteiger partial charge in [-0.1, -0.05) is 6.07 Å². The van der Waals surface area contributed by atoms with Gasteiger partial charge in [0.05, 0.1) is 28.6 Å². The van der Waals surface area contributed by atoms with E-state index in [4.69, 9.17) is 9.97 Å². The molecule has 6 nitrogen and oxygen atoms in total. The SMILES string of the molecule is CCNc1nccc(-c2c(-c3ccc(F)cc3)nc3n2C(Cn2ccc4c(F)cccc42)CC3)n1. The Hall–Kier alpha value is -4.07. The molecule has 0 saturated carbocycles. The summed E-state index contributed by atoms with van der Waals surface area (Å²) in [4.78, 5) is 14.1. The smallest absolute Gasteiger partial charge is 0.223 e. The van der Waals surface area contributed by atoms with E-state index in [0.717, 1.165) is 46.8 Å². The van der Waals surface area contributed by atoms with Crippen molar-refractivity contribution >= 4 is 16.9 Å². The molecular formula is C27H24F2N6. The van der Waals surface area contributed by atoms with Gasteiger partial charge in [0, 0.05) is 42.9 Å². The van der Waals surface area contributed by atoms with Crippen molar-refractivity contribution in [2.45, 2.75) is 32.4 Å². The predicted molar refractivity (Wildman–Crippen MR) is 132 cm³/mol. The minimum atomic E-state index is -0.289. The van der Waals surface area contributed by atoms with Gasteiger partial charge in [0.2, 0.25) is 5.95 Å². The first kappa shape index (κ1) is 21.5. The summed E-state index contributed by atoms with van der Waals surface area (Å²) < 4.78 is 32.3. The summed E-state index contributed by atoms with van der Waals surface area (Å²) in [5.41, 5.74) is 4.12. The molecule has 0 amide bonds. The Balaban J connectivity index is 1.48. The number of fused-ring (bicyclic) bond motifs is 2. The van der Waals surface area contributed by atoms with Crippen molar-refractivity contribution in [3.05, 3.63) is 84.4 Å². The number of rotatable bonds is 6. The van der Waals surface area contributed by atoms with E-state index < -0.39 is 0 Å². The molecule has 2 aromatic carbocycles. The van der Waals surface area contributed by atoms with Crippen LogP contribution in [0.4, 0.5) is 14.7 Å². The second-order valence-corrected chi connectivity index (χ2v) is 8.73. The third-order valence-corrected chi connectivity index (χ3v) is 6.57. The van der Waals surface area contributed by atoms with E-state index in [1.54, 1.807) is 24.4 Å². The molecule has 0 aliphatic carbocycles. The molecule has 0 fully saturated rings. The lowest BCUT2D eigenvalue weighted by molar-refractivity contribution is 0.459. The minimum Gasteiger partial charge on any atom is -0.354 e. The van der Waals surface area contributed by atoms with Gasteiger partial charge in [0.25, 0.3) is 0 Å². The van der Waals surface area contributed by atoms with E-state index >= 15 is 0 Å². The van der Waals surface area contributed by atoms with Crippen LogP contribution in [0.5, 0.6) is 0 Å². The average molecular weight is 471 g/mol. The van der Waals surface area contributed by atoms with E-state index in [0.29, 0.717) is 24.4 Å². The maximum atomic E-state index is 14.3. The molecular weight excluding hydrogens is 446 g/mol. The summed E-state index contributed by atoms with van der Waals surface area (Å²) in [6, 6.07) is 15.4. The van der Waals surface area contributed by atoms with Gasteiger partial charge in [-0.25, -0.2) is 23.7 Å². The summed E-state index contributed by atoms with van der Waals surface area (Å²) >= 11 is 0. The zero-order valence-corrected chi connectivity index (χ0v) is 19.2. The highest BCUT2D eigenvalue weighted by Gasteiger charge is 2.31. The first-order valence-electron chi connectivity index (χ1n) is 11.8. The molecule has 1 aliphatic heterocycles. The normalized spacial score (nSPS) is 15.0. The van der Waals surface area contributed by atoms with Crippen LogP contribution in [-0.4, -0.2) is 30.6 Å². The standard InChI is InChI=1S/C27H24F2N6/c1-2-30-27-31-14-12-22(32-27)26-25(17-6-8-18(28)9-7-17)33-24-11-10-19(35(24)26)16-34-15-13-20-21(29)4-3-5-23(20)34/h3-9,12-15,19H,2,10-11,16H2,1H3,(H,30,31,32). The third kappa shape index (κ3) is 3.75. The zero-order chi connectivity index (χ0) is 23.9. The van der Waals surface area contributed by atoms with Gasteiger partial charge < -0.3 is 14.5 Å². The van der Waals surface area contributed by atoms with Crippen LogP contribution in [0, 0.1) is 11.6 Å². The van der Waals surface area contributed by atoms with Crippen LogP contribution in [0.25, 0.3) is 33.5 Å². The molecule has 0 saturated heterocycles. The Labute approximate surface area is 201 Å². The molecule has 6 rings (SSSR count). The first-order chi connectivity index (χ1) is 17.1. The minimum absolute atomic E-state index is 0.109. The number of anilines is 1. The van der Waals surface area contributed by atoms with E-state index in [9.17, 15) is 8.78 Å². The maximum Gasteiger partial charge on any atom is 0.223 e. The molecule has 8 heteroatoms. The van der Waals surface area contributed by atoms with Crippen LogP contribution >= 0.6 is 0 Å². The van der Waals surface area contributed by atoms with E-state index in [2.05, 4.69) is 19.4 Å². The summed E-state index contributed by atoms with van der Waals surface area (Å²) in [5.74, 6) is 1.01. The number of halogens is 2. The molecule has 176 valence electrons. The molecule has 4 heterocycles. The van der Waals surface area contributed by atoms with Crippen molar-refractivity contribution in [3.63, 3.8) is 0 Å². The molecule has 3 aromatic heterocycles. The van der Waals surface area contributed by atoms with E-state index in [-0.39, 0.29) is 17.7 Å². The number of hydrogen-bond donors (Lipinski definition) is 1. The van der Waals surface area contributed by atoms with Gasteiger partial charge in [-0.15, -0.1) is 0 Å². The lowest BCUT2D eigenvalue weighted by Gasteiger charge is -2.19. The van der Waals surface area contributed by atoms with Gasteiger partial charge in [0.15, 0.2) is 0 Å². The summed E-state index contributed by atoms with van der Waals surface area (Å²) in [5, 5.41) is 3.80. The summed E-state index contributed by atoms with van der Waals surface area (Å²) in [6.45, 7) is 3.38. The highest BCUT2D eigenvalue weighted by Crippen LogP contribution is 2.40. The highest BCUT2D eigenvalue weighted by atomic mass is 19.1. The number of benzene rings is 2. The maximum absolute atomic E-state index is 14.3. The lowest BCUT2D eigenvalue weighted by atomic mass is 10.1. The molecule has 0 bridgehead atoms. The lowest BCUT2D eigenvalue weighted by Crippen LogP contribution is -2.14. The fraction of sp³-hybridized carbons (Fsp3) is 0.222. The van der Waals surface area contributed by atoms with E-state index in [1.807, 2.05) is 31.3 Å². The van der Waals surface area contributed by atoms with Crippen molar-refractivity contribution < 1.29 is 8.78 Å². The van der Waals surface area contributed by atoms with Crippen molar-refractivity contribution in [1.82, 2.24) is 24.1 Å². The van der Waals surface area contributed by atoms with Crippen LogP contribution in [0.15, 0.2) is 67.0 Å². The zero-order valence-electron chi connectivity index (χ0n) is 19.2. The Bertz CT molecular complexity index is 1520. The molecule has 0 radical (unpaired) electrons. The first-order valence-corrected chi connectivity index (χ1v) is 11.8. The Morgan fingerprint density at radius 1 is 1.03 bits per heavy atom. The second-order valence-electron chi connectivity index (χ2n) is 8.73. The van der Waals surface area contributed by atoms with Crippen molar-refractivity contribution in [3.8, 4) is 22.6 Å². The van der Waals surface area contributed by atoms with Crippen molar-refractivity contribution in [1.29, 1.82) is 0 Å². The van der Waals surface area contributed by atoms with Crippen LogP contribution in [0.2, 0.25) is 0 Å². The van der Waals surface area contributed by atoms with Crippen LogP contribution in [-0.2, 0) is 13.0 Å². The fourth-order valence-electron chi connectivity index (χ4n) is 5.01. The quantitative estimate of drug-likeness (QED) is 0.338. The van der Waals surface area contributed by atoms with Gasteiger partial charge in [0.1, 0.15) is 17.5 Å². The Kier molecular flexibility index (Phi) is 5.28. The van der Waals surface area contributed by atoms with Crippen molar-refractivity contribution in [2.75, 3.05) is 11.9 Å². The predicted octanol–water partition coefficient (Wildman–Crippen LogP) is 5.86. The largest absolute Gasteiger partial charge is 0.354 e. The number of nitrogens with zero attached hydrogens (tertiary/aromatic N) is 5. The Morgan fingerprint density at radius 3 is 2.71 bits per heavy atom. The topological polar surface area (TPSA) is 60.6 Å². The van der Waals surface area contributed by atoms with Crippen molar-refractivity contribution in [2.24, 2.45) is 0 Å². The van der Waals surface area contributed by atoms with Crippen LogP contribution in [0.3, 0.4) is 0 Å². The Morgan fingerprint density at radius 2 is 1.89 bits per heavy atom. The highest BCUT2D eigenvalue weighted by molar-refractivity contribution is 5.81. The molecule has 1 N–H and O–H groups in total. The van der Waals surface area contributed by atoms with Crippen LogP contribution in [0.1, 0.15) is 25.2 Å². The molecule has 0 spiro atoms. The summed E-state index contributed by atoms with van der Waals surface area (Å²) in [7, 11) is 0. The number of nitrogens with one attached hydrogen (secondary N) is 1. The number of aromatic nitrogens is 5. The number of hydrogen-bond acceptors (Lipinski definition) is 4. The van der Waals surface area contributed by atoms with Gasteiger partial charge in [-0.05, 0) is 61.9 Å². The fourth-order valence-corrected chi connectivity index (χ4v) is 5.01. The monoisotopic (exact) mass is 470 g/mol. The number of imidazole rings is 1. The molecule has 1 aliphatic rings. The van der Waals surface area contributed by atoms with E-state index in [1.165, 1.54) is 18.2 Å². The van der Waals surface area contributed by atoms with Crippen LogP contribution < -0.4 is 5.32 Å². The van der Waals surface area contributed by atoms with Gasteiger partial charge in [-0.3, -0.25) is 0 Å². The second kappa shape index (κ2) is 8.61.